The monoisotopic (exact) mass is 627 g/mol. The fourth-order valence-electron chi connectivity index (χ4n) is 4.67. The predicted molar refractivity (Wildman–Crippen MR) is 167 cm³/mol. The number of rotatable bonds is 6. The zero-order valence-corrected chi connectivity index (χ0v) is 25.6. The molecule has 6 N–H and O–H groups in total. The molecule has 2 saturated heterocycles. The number of ether oxygens (including phenoxy) is 2. The zero-order valence-electron chi connectivity index (χ0n) is 24.8. The molecule has 0 bridgehead atoms. The summed E-state index contributed by atoms with van der Waals surface area (Å²) in [7, 11) is 1.67. The van der Waals surface area contributed by atoms with Crippen molar-refractivity contribution in [2.24, 2.45) is 17.7 Å². The number of hydrogen-bond donors (Lipinski definition) is 5. The van der Waals surface area contributed by atoms with Gasteiger partial charge in [0.15, 0.2) is 5.11 Å². The van der Waals surface area contributed by atoms with Gasteiger partial charge in [-0.2, -0.15) is 0 Å². The van der Waals surface area contributed by atoms with Gasteiger partial charge in [0.2, 0.25) is 11.8 Å². The number of carbonyl (C=O) groups is 4. The lowest BCUT2D eigenvalue weighted by Crippen LogP contribution is -2.50. The summed E-state index contributed by atoms with van der Waals surface area (Å²) >= 11 is 4.89. The molecule has 0 unspecified atom stereocenters. The molecule has 14 heteroatoms. The van der Waals surface area contributed by atoms with Gasteiger partial charge in [0.1, 0.15) is 13.2 Å². The molecule has 2 aliphatic rings. The van der Waals surface area contributed by atoms with Crippen LogP contribution in [0.3, 0.4) is 0 Å². The molecule has 4 amide bonds. The van der Waals surface area contributed by atoms with Gasteiger partial charge in [0.25, 0.3) is 0 Å². The maximum Gasteiger partial charge on any atom is 0.410 e. The first-order chi connectivity index (χ1) is 21.3. The van der Waals surface area contributed by atoms with Crippen LogP contribution in [0.5, 0.6) is 0 Å². The van der Waals surface area contributed by atoms with Crippen molar-refractivity contribution in [1.29, 1.82) is 0 Å². The van der Waals surface area contributed by atoms with E-state index in [1.54, 1.807) is 16.8 Å². The predicted octanol–water partition coefficient (Wildman–Crippen LogP) is 2.19. The largest absolute Gasteiger partial charge is 0.445 e. The normalized spacial score (nSPS) is 15.1. The van der Waals surface area contributed by atoms with Crippen LogP contribution in [-0.4, -0.2) is 72.1 Å². The van der Waals surface area contributed by atoms with Crippen molar-refractivity contribution in [3.05, 3.63) is 71.8 Å². The molecule has 4 rings (SSSR count). The minimum absolute atomic E-state index is 0.113. The number of hydrogen-bond acceptors (Lipinski definition) is 8. The summed E-state index contributed by atoms with van der Waals surface area (Å²) in [5.41, 5.74) is 9.24. The number of amides is 4. The van der Waals surface area contributed by atoms with Gasteiger partial charge < -0.3 is 24.6 Å². The summed E-state index contributed by atoms with van der Waals surface area (Å²) < 4.78 is 10.6. The number of thiocarbonyl (C=S) groups is 1. The second-order valence-electron chi connectivity index (χ2n) is 10.3. The topological polar surface area (TPSA) is 167 Å². The second-order valence-corrected chi connectivity index (χ2v) is 10.7. The Labute approximate surface area is 262 Å². The van der Waals surface area contributed by atoms with Gasteiger partial charge >= 0.3 is 12.2 Å². The number of hydrazine groups is 2. The maximum atomic E-state index is 12.1. The third-order valence-electron chi connectivity index (χ3n) is 7.33. The number of benzene rings is 2. The van der Waals surface area contributed by atoms with Gasteiger partial charge in [-0.3, -0.25) is 25.9 Å². The smallest absolute Gasteiger partial charge is 0.410 e. The first kappa shape index (κ1) is 34.1. The lowest BCUT2D eigenvalue weighted by Gasteiger charge is -2.30. The lowest BCUT2D eigenvalue weighted by molar-refractivity contribution is -0.127. The molecule has 2 fully saturated rings. The van der Waals surface area contributed by atoms with Gasteiger partial charge in [-0.15, -0.1) is 0 Å². The molecular formula is C30H41N7O6S. The Morgan fingerprint density at radius 2 is 1.14 bits per heavy atom. The molecule has 0 aromatic heterocycles. The summed E-state index contributed by atoms with van der Waals surface area (Å²) in [5.74, 6) is 4.56. The van der Waals surface area contributed by atoms with E-state index in [2.05, 4.69) is 21.6 Å². The zero-order chi connectivity index (χ0) is 31.7. The van der Waals surface area contributed by atoms with Gasteiger partial charge in [-0.05, 0) is 49.0 Å². The van der Waals surface area contributed by atoms with E-state index in [1.807, 2.05) is 60.7 Å². The summed E-state index contributed by atoms with van der Waals surface area (Å²) in [6.07, 6.45) is 1.75. The molecule has 0 atom stereocenters. The molecule has 0 radical (unpaired) electrons. The Kier molecular flexibility index (Phi) is 14.2. The standard InChI is InChI=1S/C16H22N4O3S.C14H19N3O3/c1-17-15(24)19-18-14(21)13-7-9-20(10-8-13)16(22)23-11-12-5-3-2-4-6-12;15-16-13(18)12-6-8-17(9-7-12)14(19)20-10-11-4-2-1-3-5-11/h2-6,13H,7-11H2,1H3,(H,18,21)(H2,17,19,24);1-5,12H,6-10,15H2,(H,16,18). The van der Waals surface area contributed by atoms with Crippen LogP contribution in [0.4, 0.5) is 9.59 Å². The SMILES string of the molecule is CNC(=S)NNC(=O)C1CCN(C(=O)OCc2ccccc2)CC1.NNC(=O)C1CCN(C(=O)OCc2ccccc2)CC1. The average molecular weight is 628 g/mol. The molecule has 2 aliphatic heterocycles. The third kappa shape index (κ3) is 11.3. The Morgan fingerprint density at radius 3 is 1.52 bits per heavy atom. The second kappa shape index (κ2) is 18.3. The van der Waals surface area contributed by atoms with Crippen LogP contribution in [0.15, 0.2) is 60.7 Å². The van der Waals surface area contributed by atoms with Gasteiger partial charge in [0.05, 0.1) is 0 Å². The molecule has 44 heavy (non-hydrogen) atoms. The Balaban J connectivity index is 0.000000244. The fourth-order valence-corrected chi connectivity index (χ4v) is 4.72. The van der Waals surface area contributed by atoms with E-state index in [1.165, 1.54) is 0 Å². The maximum absolute atomic E-state index is 12.1. The molecule has 13 nitrogen and oxygen atoms in total. The minimum atomic E-state index is -0.341. The van der Waals surface area contributed by atoms with E-state index in [0.717, 1.165) is 11.1 Å². The van der Waals surface area contributed by atoms with Gasteiger partial charge in [-0.25, -0.2) is 15.4 Å². The molecule has 2 aromatic carbocycles. The van der Waals surface area contributed by atoms with Crippen molar-refractivity contribution in [2.75, 3.05) is 33.2 Å². The van der Waals surface area contributed by atoms with Crippen LogP contribution in [0.1, 0.15) is 36.8 Å². The van der Waals surface area contributed by atoms with Crippen LogP contribution in [0.2, 0.25) is 0 Å². The van der Waals surface area contributed by atoms with Crippen LogP contribution >= 0.6 is 12.2 Å². The number of nitrogens with zero attached hydrogens (tertiary/aromatic N) is 2. The van der Waals surface area contributed by atoms with Crippen LogP contribution in [0, 0.1) is 11.8 Å². The highest BCUT2D eigenvalue weighted by Crippen LogP contribution is 2.19. The summed E-state index contributed by atoms with van der Waals surface area (Å²) in [6, 6.07) is 19.1. The quantitative estimate of drug-likeness (QED) is 0.139. The number of likely N-dealkylation sites (tertiary alicyclic amines) is 2. The van der Waals surface area contributed by atoms with Crippen LogP contribution in [0.25, 0.3) is 0 Å². The van der Waals surface area contributed by atoms with Gasteiger partial charge in [-0.1, -0.05) is 60.7 Å². The van der Waals surface area contributed by atoms with Crippen molar-refractivity contribution >= 4 is 41.3 Å². The summed E-state index contributed by atoms with van der Waals surface area (Å²) in [6.45, 7) is 2.57. The summed E-state index contributed by atoms with van der Waals surface area (Å²) in [5, 5.41) is 3.06. The molecule has 0 saturated carbocycles. The minimum Gasteiger partial charge on any atom is -0.445 e. The molecule has 2 heterocycles. The van der Waals surface area contributed by atoms with Crippen molar-refractivity contribution in [3.8, 4) is 0 Å². The molecular weight excluding hydrogens is 586 g/mol. The highest BCUT2D eigenvalue weighted by atomic mass is 32.1. The Hall–Kier alpha value is -4.43. The third-order valence-corrected chi connectivity index (χ3v) is 7.63. The fraction of sp³-hybridized carbons (Fsp3) is 0.433. The highest BCUT2D eigenvalue weighted by molar-refractivity contribution is 7.80. The number of nitrogens with two attached hydrogens (primary N) is 1. The van der Waals surface area contributed by atoms with Gasteiger partial charge in [0, 0.05) is 45.1 Å². The van der Waals surface area contributed by atoms with E-state index in [0.29, 0.717) is 57.0 Å². The van der Waals surface area contributed by atoms with E-state index < -0.39 is 0 Å². The first-order valence-electron chi connectivity index (χ1n) is 14.5. The lowest BCUT2D eigenvalue weighted by atomic mass is 9.96. The van der Waals surface area contributed by atoms with Crippen LogP contribution in [-0.2, 0) is 32.3 Å². The number of piperidine rings is 2. The first-order valence-corrected chi connectivity index (χ1v) is 14.9. The number of carbonyl (C=O) groups excluding carboxylic acids is 4. The van der Waals surface area contributed by atoms with E-state index >= 15 is 0 Å². The van der Waals surface area contributed by atoms with E-state index in [-0.39, 0.29) is 49.1 Å². The summed E-state index contributed by atoms with van der Waals surface area (Å²) in [4.78, 5) is 50.6. The molecule has 238 valence electrons. The van der Waals surface area contributed by atoms with Crippen molar-refractivity contribution in [3.63, 3.8) is 0 Å². The Morgan fingerprint density at radius 1 is 0.727 bits per heavy atom. The van der Waals surface area contributed by atoms with Crippen molar-refractivity contribution in [2.45, 2.75) is 38.9 Å². The number of nitrogens with one attached hydrogen (secondary N) is 4. The molecule has 2 aromatic rings. The molecule has 0 spiro atoms. The van der Waals surface area contributed by atoms with E-state index in [4.69, 9.17) is 27.5 Å². The molecule has 0 aliphatic carbocycles. The average Bonchev–Trinajstić information content (AvgIpc) is 3.09. The van der Waals surface area contributed by atoms with E-state index in [9.17, 15) is 19.2 Å². The van der Waals surface area contributed by atoms with Crippen molar-refractivity contribution < 1.29 is 28.7 Å². The highest BCUT2D eigenvalue weighted by Gasteiger charge is 2.29. The Bertz CT molecular complexity index is 1220. The van der Waals surface area contributed by atoms with Crippen molar-refractivity contribution in [1.82, 2.24) is 31.4 Å². The van der Waals surface area contributed by atoms with Crippen LogP contribution < -0.4 is 27.4 Å².